The van der Waals surface area contributed by atoms with Crippen LogP contribution in [-0.4, -0.2) is 48.2 Å². The quantitative estimate of drug-likeness (QED) is 0.791. The molecule has 0 saturated carbocycles. The van der Waals surface area contributed by atoms with Gasteiger partial charge in [0, 0.05) is 25.2 Å². The number of carboxylic acid groups (broad SMARTS) is 1. The number of rotatable bonds is 2. The van der Waals surface area contributed by atoms with Gasteiger partial charge in [-0.3, -0.25) is 4.90 Å². The Kier molecular flexibility index (Phi) is 3.66. The van der Waals surface area contributed by atoms with Crippen LogP contribution < -0.4 is 10.6 Å². The third-order valence-corrected chi connectivity index (χ3v) is 3.97. The monoisotopic (exact) mass is 263 g/mol. The number of benzene rings is 1. The summed E-state index contributed by atoms with van der Waals surface area (Å²) in [6, 6.07) is 5.85. The Labute approximate surface area is 113 Å². The number of likely N-dealkylation sites (N-methyl/N-ethyl adjacent to an activating group) is 1. The average molecular weight is 263 g/mol. The molecule has 2 rings (SSSR count). The van der Waals surface area contributed by atoms with E-state index in [2.05, 4.69) is 30.7 Å². The van der Waals surface area contributed by atoms with Crippen LogP contribution in [0.3, 0.4) is 0 Å². The molecule has 5 heteroatoms. The smallest absolute Gasteiger partial charge is 0.335 e. The molecule has 1 aromatic rings. The first kappa shape index (κ1) is 13.7. The summed E-state index contributed by atoms with van der Waals surface area (Å²) in [7, 11) is 2.13. The van der Waals surface area contributed by atoms with Crippen molar-refractivity contribution in [1.82, 2.24) is 4.90 Å². The van der Waals surface area contributed by atoms with Crippen molar-refractivity contribution in [3.63, 3.8) is 0 Å². The molecule has 0 amide bonds. The lowest BCUT2D eigenvalue weighted by Crippen LogP contribution is -2.55. The molecule has 1 heterocycles. The highest BCUT2D eigenvalue weighted by atomic mass is 16.4. The fourth-order valence-electron chi connectivity index (χ4n) is 2.58. The van der Waals surface area contributed by atoms with Crippen molar-refractivity contribution in [3.8, 4) is 0 Å². The normalized spacial score (nSPS) is 24.5. The standard InChI is InChI=1S/C14H21N3O2/c1-9-7-17(8-10(2)16(9)3)13-5-4-11(14(18)19)6-12(13)15/h4-6,9-10H,7-8,15H2,1-3H3,(H,18,19). The number of anilines is 2. The maximum atomic E-state index is 10.9. The zero-order valence-corrected chi connectivity index (χ0v) is 11.6. The maximum absolute atomic E-state index is 10.9. The molecule has 1 aliphatic heterocycles. The number of aromatic carboxylic acids is 1. The summed E-state index contributed by atoms with van der Waals surface area (Å²) in [5.74, 6) is -0.946. The first-order chi connectivity index (χ1) is 8.90. The summed E-state index contributed by atoms with van der Waals surface area (Å²) >= 11 is 0. The van der Waals surface area contributed by atoms with Crippen LogP contribution in [0.5, 0.6) is 0 Å². The molecule has 2 atom stereocenters. The van der Waals surface area contributed by atoms with Crippen LogP contribution in [0.4, 0.5) is 11.4 Å². The molecule has 5 nitrogen and oxygen atoms in total. The fourth-order valence-corrected chi connectivity index (χ4v) is 2.58. The van der Waals surface area contributed by atoms with Gasteiger partial charge in [-0.25, -0.2) is 4.79 Å². The van der Waals surface area contributed by atoms with Crippen LogP contribution in [0.15, 0.2) is 18.2 Å². The third kappa shape index (κ3) is 2.66. The first-order valence-corrected chi connectivity index (χ1v) is 6.50. The molecule has 1 aromatic carbocycles. The van der Waals surface area contributed by atoms with Gasteiger partial charge in [0.25, 0.3) is 0 Å². The largest absolute Gasteiger partial charge is 0.478 e. The minimum Gasteiger partial charge on any atom is -0.478 e. The van der Waals surface area contributed by atoms with Crippen LogP contribution in [0.2, 0.25) is 0 Å². The highest BCUT2D eigenvalue weighted by Gasteiger charge is 2.27. The van der Waals surface area contributed by atoms with Gasteiger partial charge in [0.15, 0.2) is 0 Å². The number of nitrogens with two attached hydrogens (primary N) is 1. The zero-order chi connectivity index (χ0) is 14.2. The Morgan fingerprint density at radius 1 is 1.32 bits per heavy atom. The van der Waals surface area contributed by atoms with E-state index in [0.29, 0.717) is 17.8 Å². The topological polar surface area (TPSA) is 69.8 Å². The number of hydrogen-bond donors (Lipinski definition) is 2. The minimum atomic E-state index is -0.946. The molecular formula is C14H21N3O2. The Morgan fingerprint density at radius 2 is 1.89 bits per heavy atom. The Hall–Kier alpha value is -1.75. The van der Waals surface area contributed by atoms with Gasteiger partial charge in [-0.2, -0.15) is 0 Å². The van der Waals surface area contributed by atoms with Gasteiger partial charge in [-0.15, -0.1) is 0 Å². The number of nitrogens with zero attached hydrogens (tertiary/aromatic N) is 2. The Bertz CT molecular complexity index is 478. The predicted molar refractivity (Wildman–Crippen MR) is 76.7 cm³/mol. The molecule has 104 valence electrons. The minimum absolute atomic E-state index is 0.233. The maximum Gasteiger partial charge on any atom is 0.335 e. The van der Waals surface area contributed by atoms with Gasteiger partial charge in [0.05, 0.1) is 16.9 Å². The van der Waals surface area contributed by atoms with E-state index in [4.69, 9.17) is 10.8 Å². The zero-order valence-electron chi connectivity index (χ0n) is 11.6. The molecule has 0 bridgehead atoms. The van der Waals surface area contributed by atoms with Gasteiger partial charge < -0.3 is 15.7 Å². The van der Waals surface area contributed by atoms with Crippen molar-refractivity contribution in [2.45, 2.75) is 25.9 Å². The van der Waals surface area contributed by atoms with E-state index in [0.717, 1.165) is 18.8 Å². The van der Waals surface area contributed by atoms with E-state index >= 15 is 0 Å². The third-order valence-electron chi connectivity index (χ3n) is 3.97. The van der Waals surface area contributed by atoms with Crippen LogP contribution in [0, 0.1) is 0 Å². The van der Waals surface area contributed by atoms with Gasteiger partial charge >= 0.3 is 5.97 Å². The fraction of sp³-hybridized carbons (Fsp3) is 0.500. The van der Waals surface area contributed by atoms with Crippen LogP contribution in [0.1, 0.15) is 24.2 Å². The Balaban J connectivity index is 2.25. The summed E-state index contributed by atoms with van der Waals surface area (Å²) in [4.78, 5) is 15.5. The van der Waals surface area contributed by atoms with Crippen molar-refractivity contribution in [2.75, 3.05) is 30.8 Å². The second-order valence-corrected chi connectivity index (χ2v) is 5.35. The molecule has 0 aromatic heterocycles. The van der Waals surface area contributed by atoms with Gasteiger partial charge in [0.2, 0.25) is 0 Å². The van der Waals surface area contributed by atoms with E-state index in [1.807, 2.05) is 6.07 Å². The number of carboxylic acids is 1. The molecular weight excluding hydrogens is 242 g/mol. The van der Waals surface area contributed by atoms with Crippen molar-refractivity contribution < 1.29 is 9.90 Å². The van der Waals surface area contributed by atoms with Crippen LogP contribution >= 0.6 is 0 Å². The van der Waals surface area contributed by atoms with Gasteiger partial charge in [0.1, 0.15) is 0 Å². The molecule has 1 saturated heterocycles. The lowest BCUT2D eigenvalue weighted by atomic mass is 10.1. The molecule has 19 heavy (non-hydrogen) atoms. The predicted octanol–water partition coefficient (Wildman–Crippen LogP) is 1.50. The lowest BCUT2D eigenvalue weighted by molar-refractivity contribution is 0.0697. The van der Waals surface area contributed by atoms with Crippen molar-refractivity contribution >= 4 is 17.3 Å². The van der Waals surface area contributed by atoms with Gasteiger partial charge in [-0.1, -0.05) is 0 Å². The van der Waals surface area contributed by atoms with E-state index in [-0.39, 0.29) is 5.56 Å². The second kappa shape index (κ2) is 5.09. The molecule has 2 unspecified atom stereocenters. The number of hydrogen-bond acceptors (Lipinski definition) is 4. The molecule has 3 N–H and O–H groups in total. The highest BCUT2D eigenvalue weighted by Crippen LogP contribution is 2.28. The summed E-state index contributed by atoms with van der Waals surface area (Å²) in [6.45, 7) is 6.17. The molecule has 0 spiro atoms. The molecule has 0 radical (unpaired) electrons. The number of carbonyl (C=O) groups is 1. The average Bonchev–Trinajstić information content (AvgIpc) is 2.35. The molecule has 1 fully saturated rings. The van der Waals surface area contributed by atoms with E-state index in [9.17, 15) is 4.79 Å². The molecule has 0 aliphatic carbocycles. The summed E-state index contributed by atoms with van der Waals surface area (Å²) < 4.78 is 0. The van der Waals surface area contributed by atoms with E-state index < -0.39 is 5.97 Å². The summed E-state index contributed by atoms with van der Waals surface area (Å²) in [5.41, 5.74) is 7.69. The van der Waals surface area contributed by atoms with Crippen molar-refractivity contribution in [2.24, 2.45) is 0 Å². The summed E-state index contributed by atoms with van der Waals surface area (Å²) in [5, 5.41) is 8.95. The first-order valence-electron chi connectivity index (χ1n) is 6.50. The van der Waals surface area contributed by atoms with Crippen molar-refractivity contribution in [1.29, 1.82) is 0 Å². The second-order valence-electron chi connectivity index (χ2n) is 5.35. The van der Waals surface area contributed by atoms with Gasteiger partial charge in [-0.05, 0) is 39.1 Å². The Morgan fingerprint density at radius 3 is 2.37 bits per heavy atom. The SMILES string of the molecule is CC1CN(c2ccc(C(=O)O)cc2N)CC(C)N1C. The van der Waals surface area contributed by atoms with E-state index in [1.54, 1.807) is 6.07 Å². The van der Waals surface area contributed by atoms with E-state index in [1.165, 1.54) is 6.07 Å². The number of piperazine rings is 1. The lowest BCUT2D eigenvalue weighted by Gasteiger charge is -2.43. The van der Waals surface area contributed by atoms with Crippen LogP contribution in [0.25, 0.3) is 0 Å². The number of nitrogen functional groups attached to an aromatic ring is 1. The van der Waals surface area contributed by atoms with Crippen LogP contribution in [-0.2, 0) is 0 Å². The molecule has 1 aliphatic rings. The highest BCUT2D eigenvalue weighted by molar-refractivity contribution is 5.90. The van der Waals surface area contributed by atoms with Crippen molar-refractivity contribution in [3.05, 3.63) is 23.8 Å². The summed E-state index contributed by atoms with van der Waals surface area (Å²) in [6.07, 6.45) is 0.